The molecule has 1 N–H and O–H groups in total. The lowest BCUT2D eigenvalue weighted by molar-refractivity contribution is -0.120. The SMILES string of the molecule is CS(=O)(=O)N1CCC[C@@H](C(=O)Nc2ccccc2Br)C1. The van der Waals surface area contributed by atoms with Gasteiger partial charge in [-0.1, -0.05) is 12.1 Å². The van der Waals surface area contributed by atoms with Gasteiger partial charge in [-0.25, -0.2) is 12.7 Å². The van der Waals surface area contributed by atoms with Gasteiger partial charge in [0.05, 0.1) is 17.9 Å². The van der Waals surface area contributed by atoms with Crippen LogP contribution in [0.1, 0.15) is 12.8 Å². The van der Waals surface area contributed by atoms with Gasteiger partial charge in [-0.2, -0.15) is 0 Å². The van der Waals surface area contributed by atoms with E-state index in [0.29, 0.717) is 25.1 Å². The number of rotatable bonds is 3. The fourth-order valence-electron chi connectivity index (χ4n) is 2.26. The summed E-state index contributed by atoms with van der Waals surface area (Å²) in [4.78, 5) is 12.2. The summed E-state index contributed by atoms with van der Waals surface area (Å²) in [5.41, 5.74) is 0.703. The number of halogens is 1. The van der Waals surface area contributed by atoms with Gasteiger partial charge in [0.1, 0.15) is 0 Å². The first kappa shape index (κ1) is 15.5. The first-order valence-electron chi connectivity index (χ1n) is 6.38. The van der Waals surface area contributed by atoms with Gasteiger partial charge >= 0.3 is 0 Å². The minimum atomic E-state index is -3.23. The molecule has 5 nitrogen and oxygen atoms in total. The van der Waals surface area contributed by atoms with Gasteiger partial charge in [-0.3, -0.25) is 4.79 Å². The van der Waals surface area contributed by atoms with Gasteiger partial charge in [0, 0.05) is 17.6 Å². The lowest BCUT2D eigenvalue weighted by atomic mass is 9.99. The molecule has 1 aromatic rings. The van der Waals surface area contributed by atoms with Gasteiger partial charge in [-0.15, -0.1) is 0 Å². The maximum atomic E-state index is 12.2. The number of nitrogens with one attached hydrogen (secondary N) is 1. The Labute approximate surface area is 127 Å². The molecule has 0 unspecified atom stereocenters. The van der Waals surface area contributed by atoms with E-state index in [1.807, 2.05) is 18.2 Å². The fraction of sp³-hybridized carbons (Fsp3) is 0.462. The van der Waals surface area contributed by atoms with E-state index in [0.717, 1.165) is 4.47 Å². The third-order valence-corrected chi connectivity index (χ3v) is 5.32. The fourth-order valence-corrected chi connectivity index (χ4v) is 3.55. The van der Waals surface area contributed by atoms with Crippen molar-refractivity contribution in [3.05, 3.63) is 28.7 Å². The van der Waals surface area contributed by atoms with Crippen molar-refractivity contribution in [2.24, 2.45) is 5.92 Å². The number of hydrogen-bond acceptors (Lipinski definition) is 3. The largest absolute Gasteiger partial charge is 0.325 e. The molecular weight excluding hydrogens is 344 g/mol. The van der Waals surface area contributed by atoms with E-state index in [1.165, 1.54) is 10.6 Å². The summed E-state index contributed by atoms with van der Waals surface area (Å²) in [5.74, 6) is -0.434. The molecule has 0 radical (unpaired) electrons. The lowest BCUT2D eigenvalue weighted by Crippen LogP contribution is -2.43. The van der Waals surface area contributed by atoms with Crippen LogP contribution in [0.4, 0.5) is 5.69 Å². The van der Waals surface area contributed by atoms with E-state index in [2.05, 4.69) is 21.2 Å². The van der Waals surface area contributed by atoms with Crippen molar-refractivity contribution in [3.8, 4) is 0 Å². The summed E-state index contributed by atoms with van der Waals surface area (Å²) in [6.45, 7) is 0.757. The van der Waals surface area contributed by atoms with Gasteiger partial charge < -0.3 is 5.32 Å². The molecule has 1 fully saturated rings. The van der Waals surface area contributed by atoms with Crippen molar-refractivity contribution in [1.82, 2.24) is 4.31 Å². The smallest absolute Gasteiger partial charge is 0.228 e. The summed E-state index contributed by atoms with van der Waals surface area (Å²) < 4.78 is 25.3. The Bertz CT molecular complexity index is 603. The highest BCUT2D eigenvalue weighted by Gasteiger charge is 2.30. The monoisotopic (exact) mass is 360 g/mol. The lowest BCUT2D eigenvalue weighted by Gasteiger charge is -2.30. The van der Waals surface area contributed by atoms with Crippen molar-refractivity contribution in [1.29, 1.82) is 0 Å². The molecular formula is C13H17BrN2O3S. The van der Waals surface area contributed by atoms with E-state index in [9.17, 15) is 13.2 Å². The van der Waals surface area contributed by atoms with Crippen LogP contribution in [-0.2, 0) is 14.8 Å². The number of anilines is 1. The highest BCUT2D eigenvalue weighted by molar-refractivity contribution is 9.10. The third-order valence-electron chi connectivity index (χ3n) is 3.36. The molecule has 0 saturated carbocycles. The van der Waals surface area contributed by atoms with Crippen LogP contribution in [-0.4, -0.2) is 38.0 Å². The molecule has 2 rings (SSSR count). The highest BCUT2D eigenvalue weighted by atomic mass is 79.9. The number of carbonyl (C=O) groups is 1. The predicted octanol–water partition coefficient (Wildman–Crippen LogP) is 2.06. The zero-order valence-electron chi connectivity index (χ0n) is 11.2. The molecule has 0 bridgehead atoms. The van der Waals surface area contributed by atoms with Crippen LogP contribution in [0.25, 0.3) is 0 Å². The van der Waals surface area contributed by atoms with Crippen molar-refractivity contribution in [2.45, 2.75) is 12.8 Å². The second-order valence-corrected chi connectivity index (χ2v) is 7.77. The number of piperidine rings is 1. The van der Waals surface area contributed by atoms with E-state index in [1.54, 1.807) is 6.07 Å². The topological polar surface area (TPSA) is 66.5 Å². The van der Waals surface area contributed by atoms with Crippen LogP contribution in [0.15, 0.2) is 28.7 Å². The standard InChI is InChI=1S/C13H17BrN2O3S/c1-20(18,19)16-8-4-5-10(9-16)13(17)15-12-7-3-2-6-11(12)14/h2-3,6-7,10H,4-5,8-9H2,1H3,(H,15,17)/t10-/m1/s1. The Hall–Kier alpha value is -0.920. The Morgan fingerprint density at radius 2 is 2.10 bits per heavy atom. The first-order chi connectivity index (χ1) is 9.38. The molecule has 1 heterocycles. The number of hydrogen-bond donors (Lipinski definition) is 1. The van der Waals surface area contributed by atoms with Gasteiger partial charge in [0.15, 0.2) is 0 Å². The van der Waals surface area contributed by atoms with E-state index in [-0.39, 0.29) is 18.4 Å². The molecule has 0 aromatic heterocycles. The molecule has 1 aliphatic rings. The predicted molar refractivity (Wildman–Crippen MR) is 81.9 cm³/mol. The number of amides is 1. The zero-order chi connectivity index (χ0) is 14.8. The average Bonchev–Trinajstić information content (AvgIpc) is 2.40. The van der Waals surface area contributed by atoms with Gasteiger partial charge in [-0.05, 0) is 40.9 Å². The summed E-state index contributed by atoms with van der Waals surface area (Å²) in [6, 6.07) is 7.36. The number of para-hydroxylation sites is 1. The van der Waals surface area contributed by atoms with Crippen LogP contribution in [0.3, 0.4) is 0 Å². The van der Waals surface area contributed by atoms with Crippen LogP contribution in [0, 0.1) is 5.92 Å². The molecule has 1 atom stereocenters. The molecule has 1 aliphatic heterocycles. The molecule has 1 aromatic carbocycles. The van der Waals surface area contributed by atoms with Crippen LogP contribution < -0.4 is 5.32 Å². The molecule has 7 heteroatoms. The molecule has 20 heavy (non-hydrogen) atoms. The van der Waals surface area contributed by atoms with E-state index < -0.39 is 10.0 Å². The van der Waals surface area contributed by atoms with Gasteiger partial charge in [0.2, 0.25) is 15.9 Å². The van der Waals surface area contributed by atoms with Crippen molar-refractivity contribution in [3.63, 3.8) is 0 Å². The van der Waals surface area contributed by atoms with E-state index in [4.69, 9.17) is 0 Å². The minimum Gasteiger partial charge on any atom is -0.325 e. The highest BCUT2D eigenvalue weighted by Crippen LogP contribution is 2.24. The maximum Gasteiger partial charge on any atom is 0.228 e. The van der Waals surface area contributed by atoms with E-state index >= 15 is 0 Å². The summed E-state index contributed by atoms with van der Waals surface area (Å²) in [5, 5.41) is 2.84. The van der Waals surface area contributed by atoms with Gasteiger partial charge in [0.25, 0.3) is 0 Å². The van der Waals surface area contributed by atoms with Crippen LogP contribution in [0.5, 0.6) is 0 Å². The number of carbonyl (C=O) groups excluding carboxylic acids is 1. The normalized spacial score (nSPS) is 20.6. The Morgan fingerprint density at radius 3 is 2.75 bits per heavy atom. The van der Waals surface area contributed by atoms with Crippen molar-refractivity contribution in [2.75, 3.05) is 24.7 Å². The number of nitrogens with zero attached hydrogens (tertiary/aromatic N) is 1. The van der Waals surface area contributed by atoms with Crippen LogP contribution in [0.2, 0.25) is 0 Å². The number of sulfonamides is 1. The molecule has 0 spiro atoms. The zero-order valence-corrected chi connectivity index (χ0v) is 13.6. The molecule has 0 aliphatic carbocycles. The first-order valence-corrected chi connectivity index (χ1v) is 9.02. The minimum absolute atomic E-state index is 0.134. The summed E-state index contributed by atoms with van der Waals surface area (Å²) >= 11 is 3.37. The molecule has 1 saturated heterocycles. The average molecular weight is 361 g/mol. The third kappa shape index (κ3) is 3.80. The quantitative estimate of drug-likeness (QED) is 0.896. The Balaban J connectivity index is 2.04. The van der Waals surface area contributed by atoms with Crippen LogP contribution >= 0.6 is 15.9 Å². The molecule has 1 amide bonds. The summed E-state index contributed by atoms with van der Waals surface area (Å²) in [7, 11) is -3.23. The summed E-state index contributed by atoms with van der Waals surface area (Å²) in [6.07, 6.45) is 2.60. The van der Waals surface area contributed by atoms with Crippen molar-refractivity contribution >= 4 is 37.5 Å². The van der Waals surface area contributed by atoms with Crippen molar-refractivity contribution < 1.29 is 13.2 Å². The Morgan fingerprint density at radius 1 is 1.40 bits per heavy atom. The Kier molecular flexibility index (Phi) is 4.82. The molecule has 110 valence electrons. The second-order valence-electron chi connectivity index (χ2n) is 4.93. The maximum absolute atomic E-state index is 12.2. The number of benzene rings is 1. The second kappa shape index (κ2) is 6.24.